The Balaban J connectivity index is 2.46. The minimum atomic E-state index is -1.85. The second-order valence-corrected chi connectivity index (χ2v) is 3.21. The van der Waals surface area contributed by atoms with Gasteiger partial charge in [0.05, 0.1) is 0 Å². The highest BCUT2D eigenvalue weighted by molar-refractivity contribution is 5.32. The lowest BCUT2D eigenvalue weighted by Crippen LogP contribution is -2.03. The van der Waals surface area contributed by atoms with E-state index < -0.39 is 35.1 Å². The maximum atomic E-state index is 13.2. The highest BCUT2D eigenvalue weighted by atomic mass is 19.2. The van der Waals surface area contributed by atoms with Gasteiger partial charge in [0.25, 0.3) is 11.9 Å². The third-order valence-corrected chi connectivity index (χ3v) is 1.97. The van der Waals surface area contributed by atoms with E-state index in [1.165, 1.54) is 6.07 Å². The van der Waals surface area contributed by atoms with Crippen molar-refractivity contribution in [2.75, 3.05) is 0 Å². The SMILES string of the molecule is Fc1cccc(Oc2c(F)c(F)nc(F)c2F)c1. The number of aromatic nitrogens is 1. The van der Waals surface area contributed by atoms with Crippen molar-refractivity contribution in [2.45, 2.75) is 0 Å². The number of nitrogens with zero attached hydrogens (tertiary/aromatic N) is 1. The summed E-state index contributed by atoms with van der Waals surface area (Å²) >= 11 is 0. The van der Waals surface area contributed by atoms with Crippen LogP contribution in [0.5, 0.6) is 11.5 Å². The van der Waals surface area contributed by atoms with E-state index in [4.69, 9.17) is 0 Å². The van der Waals surface area contributed by atoms with Gasteiger partial charge in [-0.2, -0.15) is 22.5 Å². The minimum Gasteiger partial charge on any atom is -0.451 e. The van der Waals surface area contributed by atoms with Crippen molar-refractivity contribution in [2.24, 2.45) is 0 Å². The summed E-state index contributed by atoms with van der Waals surface area (Å²) in [5.41, 5.74) is 0. The van der Waals surface area contributed by atoms with Gasteiger partial charge in [-0.25, -0.2) is 4.39 Å². The Bertz CT molecular complexity index is 576. The maximum absolute atomic E-state index is 13.2. The molecule has 0 spiro atoms. The zero-order valence-corrected chi connectivity index (χ0v) is 8.55. The quantitative estimate of drug-likeness (QED) is 0.609. The second kappa shape index (κ2) is 4.59. The molecule has 94 valence electrons. The zero-order chi connectivity index (χ0) is 13.3. The van der Waals surface area contributed by atoms with Crippen LogP contribution in [-0.2, 0) is 0 Å². The molecule has 0 aliphatic carbocycles. The molecule has 1 aromatic heterocycles. The molecule has 1 heterocycles. The van der Waals surface area contributed by atoms with Crippen LogP contribution in [0.1, 0.15) is 0 Å². The lowest BCUT2D eigenvalue weighted by molar-refractivity contribution is 0.342. The number of halogens is 5. The van der Waals surface area contributed by atoms with Gasteiger partial charge in [0.1, 0.15) is 11.6 Å². The van der Waals surface area contributed by atoms with E-state index in [1.807, 2.05) is 0 Å². The molecule has 0 saturated carbocycles. The molecule has 0 aliphatic rings. The first-order valence-corrected chi connectivity index (χ1v) is 4.62. The standard InChI is InChI=1S/C11H4F5NO/c12-5-2-1-3-6(4-5)18-9-7(13)10(15)17-11(16)8(9)14/h1-4H. The highest BCUT2D eigenvalue weighted by Gasteiger charge is 2.22. The molecular formula is C11H4F5NO. The molecule has 0 aliphatic heterocycles. The van der Waals surface area contributed by atoms with Gasteiger partial charge < -0.3 is 4.74 Å². The minimum absolute atomic E-state index is 0.308. The van der Waals surface area contributed by atoms with E-state index in [0.717, 1.165) is 18.2 Å². The molecule has 0 bridgehead atoms. The first-order chi connectivity index (χ1) is 8.49. The van der Waals surface area contributed by atoms with E-state index >= 15 is 0 Å². The predicted octanol–water partition coefficient (Wildman–Crippen LogP) is 3.57. The molecule has 7 heteroatoms. The fourth-order valence-electron chi connectivity index (χ4n) is 1.21. The average molecular weight is 261 g/mol. The second-order valence-electron chi connectivity index (χ2n) is 3.21. The van der Waals surface area contributed by atoms with Crippen LogP contribution in [0, 0.1) is 29.3 Å². The summed E-state index contributed by atoms with van der Waals surface area (Å²) in [6.07, 6.45) is 0. The molecule has 1 aromatic carbocycles. The Morgan fingerprint density at radius 2 is 1.50 bits per heavy atom. The zero-order valence-electron chi connectivity index (χ0n) is 8.55. The normalized spacial score (nSPS) is 10.5. The molecule has 0 radical (unpaired) electrons. The van der Waals surface area contributed by atoms with Crippen molar-refractivity contribution >= 4 is 0 Å². The van der Waals surface area contributed by atoms with E-state index in [-0.39, 0.29) is 5.75 Å². The molecule has 0 fully saturated rings. The summed E-state index contributed by atoms with van der Waals surface area (Å²) in [5.74, 6) is -9.64. The van der Waals surface area contributed by atoms with Crippen molar-refractivity contribution in [1.29, 1.82) is 0 Å². The van der Waals surface area contributed by atoms with Gasteiger partial charge in [-0.3, -0.25) is 0 Å². The smallest absolute Gasteiger partial charge is 0.255 e. The number of benzene rings is 1. The van der Waals surface area contributed by atoms with E-state index in [2.05, 4.69) is 9.72 Å². The summed E-state index contributed by atoms with van der Waals surface area (Å²) in [6, 6.07) is 4.23. The predicted molar refractivity (Wildman–Crippen MR) is 50.5 cm³/mol. The van der Waals surface area contributed by atoms with Crippen molar-refractivity contribution in [1.82, 2.24) is 4.98 Å². The van der Waals surface area contributed by atoms with Gasteiger partial charge in [-0.1, -0.05) is 6.07 Å². The molecular weight excluding hydrogens is 257 g/mol. The van der Waals surface area contributed by atoms with Crippen molar-refractivity contribution in [3.05, 3.63) is 53.6 Å². The largest absolute Gasteiger partial charge is 0.451 e. The van der Waals surface area contributed by atoms with Crippen LogP contribution in [0.15, 0.2) is 24.3 Å². The van der Waals surface area contributed by atoms with Crippen molar-refractivity contribution in [3.8, 4) is 11.5 Å². The maximum Gasteiger partial charge on any atom is 0.255 e. The molecule has 0 atom stereocenters. The van der Waals surface area contributed by atoms with Gasteiger partial charge >= 0.3 is 0 Å². The van der Waals surface area contributed by atoms with Crippen LogP contribution in [-0.4, -0.2) is 4.98 Å². The number of ether oxygens (including phenoxy) is 1. The molecule has 2 aromatic rings. The van der Waals surface area contributed by atoms with Gasteiger partial charge in [0, 0.05) is 6.07 Å². The molecule has 2 nitrogen and oxygen atoms in total. The van der Waals surface area contributed by atoms with Crippen LogP contribution >= 0.6 is 0 Å². The van der Waals surface area contributed by atoms with Gasteiger partial charge in [0.2, 0.25) is 17.4 Å². The molecule has 0 unspecified atom stereocenters. The molecule has 0 amide bonds. The number of rotatable bonds is 2. The third kappa shape index (κ3) is 2.24. The van der Waals surface area contributed by atoms with Crippen LogP contribution in [0.2, 0.25) is 0 Å². The topological polar surface area (TPSA) is 22.1 Å². The first kappa shape index (κ1) is 12.3. The van der Waals surface area contributed by atoms with E-state index in [1.54, 1.807) is 0 Å². The van der Waals surface area contributed by atoms with Crippen molar-refractivity contribution in [3.63, 3.8) is 0 Å². The monoisotopic (exact) mass is 261 g/mol. The van der Waals surface area contributed by atoms with Crippen LogP contribution in [0.25, 0.3) is 0 Å². The van der Waals surface area contributed by atoms with Gasteiger partial charge in [-0.15, -0.1) is 0 Å². The molecule has 18 heavy (non-hydrogen) atoms. The van der Waals surface area contributed by atoms with Gasteiger partial charge in [0.15, 0.2) is 0 Å². The van der Waals surface area contributed by atoms with Gasteiger partial charge in [-0.05, 0) is 12.1 Å². The van der Waals surface area contributed by atoms with Crippen LogP contribution in [0.3, 0.4) is 0 Å². The Kier molecular flexibility index (Phi) is 3.14. The van der Waals surface area contributed by atoms with Crippen LogP contribution < -0.4 is 4.74 Å². The number of pyridine rings is 1. The van der Waals surface area contributed by atoms with Crippen molar-refractivity contribution < 1.29 is 26.7 Å². The first-order valence-electron chi connectivity index (χ1n) is 4.62. The summed E-state index contributed by atoms with van der Waals surface area (Å²) in [5, 5.41) is 0. The number of hydrogen-bond acceptors (Lipinski definition) is 2. The van der Waals surface area contributed by atoms with E-state index in [9.17, 15) is 22.0 Å². The Morgan fingerprint density at radius 3 is 2.06 bits per heavy atom. The fourth-order valence-corrected chi connectivity index (χ4v) is 1.21. The van der Waals surface area contributed by atoms with Crippen LogP contribution in [0.4, 0.5) is 22.0 Å². The average Bonchev–Trinajstić information content (AvgIpc) is 2.32. The lowest BCUT2D eigenvalue weighted by Gasteiger charge is -2.08. The number of hydrogen-bond donors (Lipinski definition) is 0. The lowest BCUT2D eigenvalue weighted by atomic mass is 10.3. The highest BCUT2D eigenvalue weighted by Crippen LogP contribution is 2.29. The third-order valence-electron chi connectivity index (χ3n) is 1.97. The molecule has 0 N–H and O–H groups in total. The molecule has 0 saturated heterocycles. The Hall–Kier alpha value is -2.18. The summed E-state index contributed by atoms with van der Waals surface area (Å²) in [6.45, 7) is 0. The summed E-state index contributed by atoms with van der Waals surface area (Å²) in [7, 11) is 0. The summed E-state index contributed by atoms with van der Waals surface area (Å²) < 4.78 is 69.2. The Labute approximate surface area is 97.6 Å². The summed E-state index contributed by atoms with van der Waals surface area (Å²) in [4.78, 5) is 2.36. The Morgan fingerprint density at radius 1 is 0.889 bits per heavy atom. The van der Waals surface area contributed by atoms with E-state index in [0.29, 0.717) is 0 Å². The molecule has 2 rings (SSSR count). The fraction of sp³-hybridized carbons (Fsp3) is 0.